The van der Waals surface area contributed by atoms with Crippen LogP contribution in [0.1, 0.15) is 10.4 Å². The Morgan fingerprint density at radius 3 is 2.28 bits per heavy atom. The molecule has 0 unspecified atom stereocenters. The molecule has 0 radical (unpaired) electrons. The third kappa shape index (κ3) is 1.88. The Balaban J connectivity index is 2.85. The maximum atomic E-state index is 10.9. The van der Waals surface area contributed by atoms with Gasteiger partial charge in [-0.1, -0.05) is 12.1 Å². The van der Waals surface area contributed by atoms with E-state index in [1.54, 1.807) is 0 Å². The van der Waals surface area contributed by atoms with Crippen molar-refractivity contribution in [2.45, 2.75) is 0 Å². The Kier molecular flexibility index (Phi) is 2.72. The molecule has 0 aromatic heterocycles. The standard InChI is InChI=1S/C11H6N2O5/c14-6-7-1-2-8-4-9(12(15)16)5-11(13(17)18)10(8)3-7/h1-6H. The lowest BCUT2D eigenvalue weighted by atomic mass is 10.1. The topological polar surface area (TPSA) is 103 Å². The first kappa shape index (κ1) is 11.6. The normalized spacial score (nSPS) is 10.2. The highest BCUT2D eigenvalue weighted by Crippen LogP contribution is 2.31. The zero-order valence-electron chi connectivity index (χ0n) is 8.90. The Hall–Kier alpha value is -2.83. The van der Waals surface area contributed by atoms with Crippen LogP contribution in [0.15, 0.2) is 30.3 Å². The lowest BCUT2D eigenvalue weighted by Gasteiger charge is -2.01. The second-order valence-corrected chi connectivity index (χ2v) is 3.58. The second-order valence-electron chi connectivity index (χ2n) is 3.58. The molecule has 0 spiro atoms. The summed E-state index contributed by atoms with van der Waals surface area (Å²) in [6, 6.07) is 6.35. The molecule has 0 saturated carbocycles. The molecule has 0 saturated heterocycles. The van der Waals surface area contributed by atoms with Crippen molar-refractivity contribution in [1.82, 2.24) is 0 Å². The van der Waals surface area contributed by atoms with Crippen molar-refractivity contribution in [2.75, 3.05) is 0 Å². The van der Waals surface area contributed by atoms with E-state index in [1.165, 1.54) is 24.3 Å². The number of benzene rings is 2. The van der Waals surface area contributed by atoms with Crippen molar-refractivity contribution < 1.29 is 14.6 Å². The monoisotopic (exact) mass is 246 g/mol. The molecule has 0 aliphatic carbocycles. The van der Waals surface area contributed by atoms with Crippen LogP contribution >= 0.6 is 0 Å². The fourth-order valence-electron chi connectivity index (χ4n) is 1.67. The number of nitrogens with zero attached hydrogens (tertiary/aromatic N) is 2. The van der Waals surface area contributed by atoms with E-state index in [0.717, 1.165) is 6.07 Å². The minimum absolute atomic E-state index is 0.204. The zero-order valence-corrected chi connectivity index (χ0v) is 8.90. The smallest absolute Gasteiger partial charge is 0.284 e. The van der Waals surface area contributed by atoms with E-state index >= 15 is 0 Å². The number of aldehydes is 1. The van der Waals surface area contributed by atoms with Gasteiger partial charge in [-0.15, -0.1) is 0 Å². The van der Waals surface area contributed by atoms with Gasteiger partial charge in [0.1, 0.15) is 6.29 Å². The van der Waals surface area contributed by atoms with Gasteiger partial charge in [0.2, 0.25) is 0 Å². The molecule has 7 heteroatoms. The molecule has 0 bridgehead atoms. The van der Waals surface area contributed by atoms with Crippen molar-refractivity contribution in [3.8, 4) is 0 Å². The van der Waals surface area contributed by atoms with Crippen LogP contribution < -0.4 is 0 Å². The number of hydrogen-bond donors (Lipinski definition) is 0. The van der Waals surface area contributed by atoms with E-state index in [0.29, 0.717) is 11.7 Å². The van der Waals surface area contributed by atoms with Gasteiger partial charge < -0.3 is 0 Å². The third-order valence-electron chi connectivity index (χ3n) is 2.48. The van der Waals surface area contributed by atoms with Crippen molar-refractivity contribution >= 4 is 28.4 Å². The summed E-state index contributed by atoms with van der Waals surface area (Å²) in [7, 11) is 0. The zero-order chi connectivity index (χ0) is 13.3. The first-order valence-electron chi connectivity index (χ1n) is 4.84. The summed E-state index contributed by atoms with van der Waals surface area (Å²) in [5, 5.41) is 22.1. The molecule has 0 atom stereocenters. The highest BCUT2D eigenvalue weighted by atomic mass is 16.6. The van der Waals surface area contributed by atoms with Crippen LogP contribution in [0.4, 0.5) is 11.4 Å². The van der Waals surface area contributed by atoms with Gasteiger partial charge in [0, 0.05) is 11.6 Å². The Labute approximate surface area is 99.9 Å². The summed E-state index contributed by atoms with van der Waals surface area (Å²) in [6.07, 6.45) is 0.560. The van der Waals surface area contributed by atoms with E-state index in [1.807, 2.05) is 0 Å². The molecular formula is C11H6N2O5. The van der Waals surface area contributed by atoms with E-state index in [4.69, 9.17) is 0 Å². The van der Waals surface area contributed by atoms with Gasteiger partial charge >= 0.3 is 0 Å². The molecule has 2 aromatic carbocycles. The van der Waals surface area contributed by atoms with Gasteiger partial charge in [0.25, 0.3) is 11.4 Å². The average Bonchev–Trinajstić information content (AvgIpc) is 2.36. The summed E-state index contributed by atoms with van der Waals surface area (Å²) in [5.41, 5.74) is -0.463. The second kappa shape index (κ2) is 4.21. The maximum Gasteiger partial charge on any atom is 0.284 e. The first-order valence-corrected chi connectivity index (χ1v) is 4.84. The number of nitro benzene ring substituents is 2. The van der Waals surface area contributed by atoms with Crippen LogP contribution in [-0.4, -0.2) is 16.1 Å². The molecular weight excluding hydrogens is 240 g/mol. The minimum atomic E-state index is -0.704. The lowest BCUT2D eigenvalue weighted by Crippen LogP contribution is -1.94. The molecule has 2 aromatic rings. The SMILES string of the molecule is O=Cc1ccc2cc([N+](=O)[O-])cc([N+](=O)[O-])c2c1. The van der Waals surface area contributed by atoms with Gasteiger partial charge in [-0.2, -0.15) is 0 Å². The first-order chi connectivity index (χ1) is 8.52. The van der Waals surface area contributed by atoms with Crippen LogP contribution in [0.2, 0.25) is 0 Å². The van der Waals surface area contributed by atoms with Crippen LogP contribution in [0.3, 0.4) is 0 Å². The highest BCUT2D eigenvalue weighted by Gasteiger charge is 2.19. The molecule has 2 rings (SSSR count). The van der Waals surface area contributed by atoms with Crippen LogP contribution in [-0.2, 0) is 0 Å². The Morgan fingerprint density at radius 2 is 1.72 bits per heavy atom. The molecule has 18 heavy (non-hydrogen) atoms. The van der Waals surface area contributed by atoms with Crippen molar-refractivity contribution in [2.24, 2.45) is 0 Å². The number of carbonyl (C=O) groups excluding carboxylic acids is 1. The van der Waals surface area contributed by atoms with Crippen molar-refractivity contribution in [1.29, 1.82) is 0 Å². The highest BCUT2D eigenvalue weighted by molar-refractivity contribution is 5.96. The number of fused-ring (bicyclic) bond motifs is 1. The molecule has 7 nitrogen and oxygen atoms in total. The summed E-state index contributed by atoms with van der Waals surface area (Å²) in [5.74, 6) is 0. The minimum Gasteiger partial charge on any atom is -0.298 e. The van der Waals surface area contributed by atoms with Crippen LogP contribution in [0.25, 0.3) is 10.8 Å². The molecule has 0 heterocycles. The third-order valence-corrected chi connectivity index (χ3v) is 2.48. The van der Waals surface area contributed by atoms with Crippen molar-refractivity contribution in [3.63, 3.8) is 0 Å². The van der Waals surface area contributed by atoms with E-state index in [2.05, 4.69) is 0 Å². The van der Waals surface area contributed by atoms with E-state index in [-0.39, 0.29) is 22.3 Å². The average molecular weight is 246 g/mol. The summed E-state index contributed by atoms with van der Waals surface area (Å²) >= 11 is 0. The molecule has 0 aliphatic rings. The molecule has 0 amide bonds. The largest absolute Gasteiger partial charge is 0.298 e. The lowest BCUT2D eigenvalue weighted by molar-refractivity contribution is -0.393. The number of rotatable bonds is 3. The van der Waals surface area contributed by atoms with Crippen molar-refractivity contribution in [3.05, 3.63) is 56.1 Å². The van der Waals surface area contributed by atoms with Crippen LogP contribution in [0, 0.1) is 20.2 Å². The molecule has 0 aliphatic heterocycles. The fourth-order valence-corrected chi connectivity index (χ4v) is 1.67. The maximum absolute atomic E-state index is 10.9. The predicted octanol–water partition coefficient (Wildman–Crippen LogP) is 2.47. The Bertz CT molecular complexity index is 680. The van der Waals surface area contributed by atoms with Gasteiger partial charge in [0.05, 0.1) is 21.3 Å². The van der Waals surface area contributed by atoms with Gasteiger partial charge in [-0.05, 0) is 11.5 Å². The number of hydrogen-bond acceptors (Lipinski definition) is 5. The molecule has 0 N–H and O–H groups in total. The quantitative estimate of drug-likeness (QED) is 0.470. The summed E-state index contributed by atoms with van der Waals surface area (Å²) < 4.78 is 0. The van der Waals surface area contributed by atoms with E-state index < -0.39 is 9.85 Å². The molecule has 90 valence electrons. The summed E-state index contributed by atoms with van der Waals surface area (Å²) in [4.78, 5) is 30.8. The number of nitro groups is 2. The van der Waals surface area contributed by atoms with Gasteiger partial charge in [-0.25, -0.2) is 0 Å². The predicted molar refractivity (Wildman–Crippen MR) is 62.6 cm³/mol. The van der Waals surface area contributed by atoms with E-state index in [9.17, 15) is 25.0 Å². The Morgan fingerprint density at radius 1 is 1.00 bits per heavy atom. The number of non-ortho nitro benzene ring substituents is 2. The fraction of sp³-hybridized carbons (Fsp3) is 0. The van der Waals surface area contributed by atoms with Gasteiger partial charge in [0.15, 0.2) is 0 Å². The molecule has 0 fully saturated rings. The number of carbonyl (C=O) groups is 1. The summed E-state index contributed by atoms with van der Waals surface area (Å²) in [6.45, 7) is 0. The van der Waals surface area contributed by atoms with Crippen LogP contribution in [0.5, 0.6) is 0 Å². The van der Waals surface area contributed by atoms with Gasteiger partial charge in [-0.3, -0.25) is 25.0 Å².